The van der Waals surface area contributed by atoms with Crippen molar-refractivity contribution in [2.75, 3.05) is 11.9 Å². The first-order chi connectivity index (χ1) is 7.76. The standard InChI is InChI=1S/C12H15N3O/c1-2-3-7-14-12(16)15-11-6-4-5-10(8-11)9-13/h4-6,8H,2-3,7H2,1H3,(H2,14,15,16). The van der Waals surface area contributed by atoms with Crippen molar-refractivity contribution in [1.29, 1.82) is 5.26 Å². The maximum Gasteiger partial charge on any atom is 0.319 e. The zero-order chi connectivity index (χ0) is 11.8. The third-order valence-electron chi connectivity index (χ3n) is 2.07. The van der Waals surface area contributed by atoms with Crippen LogP contribution in [0, 0.1) is 11.3 Å². The first kappa shape index (κ1) is 12.1. The van der Waals surface area contributed by atoms with Gasteiger partial charge in [0.1, 0.15) is 0 Å². The highest BCUT2D eigenvalue weighted by atomic mass is 16.2. The highest BCUT2D eigenvalue weighted by molar-refractivity contribution is 5.89. The van der Waals surface area contributed by atoms with Crippen LogP contribution in [0.3, 0.4) is 0 Å². The second-order valence-electron chi connectivity index (χ2n) is 3.43. The predicted molar refractivity (Wildman–Crippen MR) is 63.1 cm³/mol. The summed E-state index contributed by atoms with van der Waals surface area (Å²) in [5.41, 5.74) is 1.17. The molecule has 0 atom stereocenters. The van der Waals surface area contributed by atoms with E-state index in [1.165, 1.54) is 0 Å². The number of hydrogen-bond acceptors (Lipinski definition) is 2. The molecule has 0 spiro atoms. The van der Waals surface area contributed by atoms with E-state index in [1.54, 1.807) is 24.3 Å². The number of nitrogens with one attached hydrogen (secondary N) is 2. The molecule has 2 N–H and O–H groups in total. The molecule has 0 unspecified atom stereocenters. The smallest absolute Gasteiger partial charge is 0.319 e. The summed E-state index contributed by atoms with van der Waals surface area (Å²) in [6.45, 7) is 2.73. The average Bonchev–Trinajstić information content (AvgIpc) is 2.29. The lowest BCUT2D eigenvalue weighted by Crippen LogP contribution is -2.29. The Morgan fingerprint density at radius 1 is 1.50 bits per heavy atom. The summed E-state index contributed by atoms with van der Waals surface area (Å²) in [5, 5.41) is 14.1. The zero-order valence-corrected chi connectivity index (χ0v) is 9.29. The minimum absolute atomic E-state index is 0.233. The van der Waals surface area contributed by atoms with E-state index in [0.29, 0.717) is 17.8 Å². The summed E-state index contributed by atoms with van der Waals surface area (Å²) >= 11 is 0. The van der Waals surface area contributed by atoms with Crippen LogP contribution in [-0.2, 0) is 0 Å². The van der Waals surface area contributed by atoms with Gasteiger partial charge >= 0.3 is 6.03 Å². The van der Waals surface area contributed by atoms with Crippen molar-refractivity contribution < 1.29 is 4.79 Å². The van der Waals surface area contributed by atoms with E-state index in [0.717, 1.165) is 12.8 Å². The SMILES string of the molecule is CCCCNC(=O)Nc1cccc(C#N)c1. The van der Waals surface area contributed by atoms with Crippen LogP contribution in [0.4, 0.5) is 10.5 Å². The van der Waals surface area contributed by atoms with Gasteiger partial charge in [-0.1, -0.05) is 19.4 Å². The third-order valence-corrected chi connectivity index (χ3v) is 2.07. The van der Waals surface area contributed by atoms with Gasteiger partial charge in [0.15, 0.2) is 0 Å². The van der Waals surface area contributed by atoms with Crippen LogP contribution in [-0.4, -0.2) is 12.6 Å². The molecule has 0 fully saturated rings. The molecule has 0 heterocycles. The normalized spacial score (nSPS) is 9.25. The van der Waals surface area contributed by atoms with E-state index in [2.05, 4.69) is 17.6 Å². The molecule has 0 radical (unpaired) electrons. The second kappa shape index (κ2) is 6.46. The maximum absolute atomic E-state index is 11.4. The van der Waals surface area contributed by atoms with E-state index < -0.39 is 0 Å². The first-order valence-corrected chi connectivity index (χ1v) is 5.31. The molecule has 2 amide bonds. The van der Waals surface area contributed by atoms with Crippen molar-refractivity contribution in [2.24, 2.45) is 0 Å². The van der Waals surface area contributed by atoms with E-state index in [9.17, 15) is 4.79 Å². The molecular formula is C12H15N3O. The number of hydrogen-bond donors (Lipinski definition) is 2. The lowest BCUT2D eigenvalue weighted by Gasteiger charge is -2.06. The molecular weight excluding hydrogens is 202 g/mol. The number of anilines is 1. The van der Waals surface area contributed by atoms with Crippen molar-refractivity contribution in [3.05, 3.63) is 29.8 Å². The average molecular weight is 217 g/mol. The molecule has 0 aliphatic carbocycles. The Bertz CT molecular complexity index is 395. The van der Waals surface area contributed by atoms with Gasteiger partial charge in [0.25, 0.3) is 0 Å². The van der Waals surface area contributed by atoms with Crippen molar-refractivity contribution >= 4 is 11.7 Å². The summed E-state index contributed by atoms with van der Waals surface area (Å²) in [7, 11) is 0. The first-order valence-electron chi connectivity index (χ1n) is 5.31. The summed E-state index contributed by atoms with van der Waals surface area (Å²) in [6, 6.07) is 8.61. The molecule has 0 saturated heterocycles. The number of nitriles is 1. The number of carbonyl (C=O) groups excluding carboxylic acids is 1. The van der Waals surface area contributed by atoms with Gasteiger partial charge in [-0.25, -0.2) is 4.79 Å². The number of carbonyl (C=O) groups is 1. The van der Waals surface area contributed by atoms with Crippen LogP contribution < -0.4 is 10.6 Å². The Kier molecular flexibility index (Phi) is 4.87. The summed E-state index contributed by atoms with van der Waals surface area (Å²) in [5.74, 6) is 0. The van der Waals surface area contributed by atoms with Gasteiger partial charge in [0.2, 0.25) is 0 Å². The Hall–Kier alpha value is -2.02. The summed E-state index contributed by atoms with van der Waals surface area (Å²) in [4.78, 5) is 11.4. The van der Waals surface area contributed by atoms with Crippen LogP contribution >= 0.6 is 0 Å². The second-order valence-corrected chi connectivity index (χ2v) is 3.43. The topological polar surface area (TPSA) is 64.9 Å². The number of benzene rings is 1. The van der Waals surface area contributed by atoms with Crippen LogP contribution in [0.1, 0.15) is 25.3 Å². The van der Waals surface area contributed by atoms with Crippen LogP contribution in [0.15, 0.2) is 24.3 Å². The third kappa shape index (κ3) is 4.01. The van der Waals surface area contributed by atoms with Gasteiger partial charge in [0, 0.05) is 12.2 Å². The molecule has 0 aliphatic rings. The fourth-order valence-corrected chi connectivity index (χ4v) is 1.22. The molecule has 1 rings (SSSR count). The van der Waals surface area contributed by atoms with E-state index in [4.69, 9.17) is 5.26 Å². The Morgan fingerprint density at radius 2 is 2.31 bits per heavy atom. The Morgan fingerprint density at radius 3 is 3.00 bits per heavy atom. The number of amides is 2. The van der Waals surface area contributed by atoms with Gasteiger partial charge in [-0.2, -0.15) is 5.26 Å². The highest BCUT2D eigenvalue weighted by Gasteiger charge is 2.00. The van der Waals surface area contributed by atoms with Crippen LogP contribution in [0.25, 0.3) is 0 Å². The van der Waals surface area contributed by atoms with Gasteiger partial charge < -0.3 is 10.6 Å². The van der Waals surface area contributed by atoms with Gasteiger partial charge in [-0.05, 0) is 24.6 Å². The molecule has 1 aromatic rings. The van der Waals surface area contributed by atoms with Crippen molar-refractivity contribution in [3.63, 3.8) is 0 Å². The minimum Gasteiger partial charge on any atom is -0.338 e. The molecule has 0 saturated carbocycles. The van der Waals surface area contributed by atoms with Gasteiger partial charge in [-0.15, -0.1) is 0 Å². The Balaban J connectivity index is 2.47. The molecule has 84 valence electrons. The summed E-state index contributed by atoms with van der Waals surface area (Å²) < 4.78 is 0. The number of rotatable bonds is 4. The molecule has 4 nitrogen and oxygen atoms in total. The van der Waals surface area contributed by atoms with Gasteiger partial charge in [-0.3, -0.25) is 0 Å². The molecule has 0 aliphatic heterocycles. The van der Waals surface area contributed by atoms with Crippen molar-refractivity contribution in [2.45, 2.75) is 19.8 Å². The number of urea groups is 1. The maximum atomic E-state index is 11.4. The lowest BCUT2D eigenvalue weighted by atomic mass is 10.2. The highest BCUT2D eigenvalue weighted by Crippen LogP contribution is 2.09. The van der Waals surface area contributed by atoms with Crippen LogP contribution in [0.5, 0.6) is 0 Å². The Labute approximate surface area is 95.3 Å². The lowest BCUT2D eigenvalue weighted by molar-refractivity contribution is 0.252. The van der Waals surface area contributed by atoms with Crippen LogP contribution in [0.2, 0.25) is 0 Å². The largest absolute Gasteiger partial charge is 0.338 e. The molecule has 16 heavy (non-hydrogen) atoms. The molecule has 4 heteroatoms. The zero-order valence-electron chi connectivity index (χ0n) is 9.29. The minimum atomic E-state index is -0.233. The fraction of sp³-hybridized carbons (Fsp3) is 0.333. The van der Waals surface area contributed by atoms with E-state index >= 15 is 0 Å². The van der Waals surface area contributed by atoms with E-state index in [-0.39, 0.29) is 6.03 Å². The summed E-state index contributed by atoms with van der Waals surface area (Å²) in [6.07, 6.45) is 2.01. The molecule has 0 bridgehead atoms. The molecule has 0 aromatic heterocycles. The quantitative estimate of drug-likeness (QED) is 0.761. The molecule has 1 aromatic carbocycles. The van der Waals surface area contributed by atoms with Crippen molar-refractivity contribution in [1.82, 2.24) is 5.32 Å². The van der Waals surface area contributed by atoms with Crippen molar-refractivity contribution in [3.8, 4) is 6.07 Å². The van der Waals surface area contributed by atoms with Gasteiger partial charge in [0.05, 0.1) is 11.6 Å². The predicted octanol–water partition coefficient (Wildman–Crippen LogP) is 2.48. The fourth-order valence-electron chi connectivity index (χ4n) is 1.22. The van der Waals surface area contributed by atoms with E-state index in [1.807, 2.05) is 6.07 Å². The number of nitrogens with zero attached hydrogens (tertiary/aromatic N) is 1. The number of unbranched alkanes of at least 4 members (excludes halogenated alkanes) is 1. The monoisotopic (exact) mass is 217 g/mol.